The highest BCUT2D eigenvalue weighted by atomic mass is 35.5. The van der Waals surface area contributed by atoms with Crippen LogP contribution in [0.1, 0.15) is 18.4 Å². The number of benzene rings is 2. The van der Waals surface area contributed by atoms with Gasteiger partial charge in [0.2, 0.25) is 15.9 Å². The molecule has 1 amide bonds. The molecule has 2 aromatic rings. The fourth-order valence-corrected chi connectivity index (χ4v) is 4.97. The standard InChI is InChI=1S/C19H19ClF2N2O3S/c20-15-5-1-3-13(9-15)12-28(26,27)24-8-2-4-14(11-24)19(25)23-16-6-7-17(21)18(22)10-16/h1,3,5-7,9-10,14H,2,4,8,11-12H2,(H,23,25). The van der Waals surface area contributed by atoms with Crippen LogP contribution in [-0.4, -0.2) is 31.7 Å². The number of amides is 1. The summed E-state index contributed by atoms with van der Waals surface area (Å²) in [4.78, 5) is 12.5. The maximum Gasteiger partial charge on any atom is 0.228 e. The van der Waals surface area contributed by atoms with E-state index >= 15 is 0 Å². The Kier molecular flexibility index (Phi) is 6.32. The topological polar surface area (TPSA) is 66.5 Å². The molecule has 9 heteroatoms. The van der Waals surface area contributed by atoms with E-state index in [0.717, 1.165) is 12.1 Å². The third kappa shape index (κ3) is 5.06. The number of sulfonamides is 1. The number of hydrogen-bond donors (Lipinski definition) is 1. The molecule has 1 fully saturated rings. The Morgan fingerprint density at radius 3 is 2.68 bits per heavy atom. The van der Waals surface area contributed by atoms with Crippen LogP contribution >= 0.6 is 11.6 Å². The molecule has 0 aliphatic carbocycles. The third-order valence-corrected chi connectivity index (χ3v) is 6.63. The maximum atomic E-state index is 13.3. The lowest BCUT2D eigenvalue weighted by atomic mass is 9.98. The molecule has 0 bridgehead atoms. The van der Waals surface area contributed by atoms with E-state index < -0.39 is 33.5 Å². The van der Waals surface area contributed by atoms with Crippen molar-refractivity contribution in [1.82, 2.24) is 4.31 Å². The molecule has 28 heavy (non-hydrogen) atoms. The number of nitrogens with zero attached hydrogens (tertiary/aromatic N) is 1. The number of carbonyl (C=O) groups is 1. The van der Waals surface area contributed by atoms with Crippen LogP contribution in [0.4, 0.5) is 14.5 Å². The average Bonchev–Trinajstić information content (AvgIpc) is 2.64. The lowest BCUT2D eigenvalue weighted by Gasteiger charge is -2.31. The normalized spacial score (nSPS) is 18.0. The Hall–Kier alpha value is -2.03. The predicted octanol–water partition coefficient (Wildman–Crippen LogP) is 3.80. The van der Waals surface area contributed by atoms with Gasteiger partial charge in [-0.15, -0.1) is 0 Å². The van der Waals surface area contributed by atoms with Crippen molar-refractivity contribution in [2.75, 3.05) is 18.4 Å². The first-order valence-electron chi connectivity index (χ1n) is 8.73. The van der Waals surface area contributed by atoms with Crippen molar-refractivity contribution in [3.8, 4) is 0 Å². The second-order valence-corrected chi connectivity index (χ2v) is 9.11. The predicted molar refractivity (Wildman–Crippen MR) is 103 cm³/mol. The van der Waals surface area contributed by atoms with Crippen molar-refractivity contribution in [3.63, 3.8) is 0 Å². The molecule has 150 valence electrons. The lowest BCUT2D eigenvalue weighted by molar-refractivity contribution is -0.120. The van der Waals surface area contributed by atoms with Crippen molar-refractivity contribution in [2.45, 2.75) is 18.6 Å². The van der Waals surface area contributed by atoms with Crippen molar-refractivity contribution in [2.24, 2.45) is 5.92 Å². The van der Waals surface area contributed by atoms with Crippen LogP contribution in [0.5, 0.6) is 0 Å². The van der Waals surface area contributed by atoms with Crippen molar-refractivity contribution < 1.29 is 22.0 Å². The highest BCUT2D eigenvalue weighted by Gasteiger charge is 2.32. The summed E-state index contributed by atoms with van der Waals surface area (Å²) in [6, 6.07) is 9.69. The fourth-order valence-electron chi connectivity index (χ4n) is 3.16. The van der Waals surface area contributed by atoms with E-state index in [1.54, 1.807) is 24.3 Å². The van der Waals surface area contributed by atoms with Crippen LogP contribution < -0.4 is 5.32 Å². The number of piperidine rings is 1. The van der Waals surface area contributed by atoms with Crippen LogP contribution in [0.15, 0.2) is 42.5 Å². The number of anilines is 1. The second-order valence-electron chi connectivity index (χ2n) is 6.70. The maximum absolute atomic E-state index is 13.3. The van der Waals surface area contributed by atoms with Gasteiger partial charge in [-0.25, -0.2) is 21.5 Å². The van der Waals surface area contributed by atoms with Gasteiger partial charge in [0.05, 0.1) is 11.7 Å². The van der Waals surface area contributed by atoms with Gasteiger partial charge < -0.3 is 5.32 Å². The van der Waals surface area contributed by atoms with E-state index in [-0.39, 0.29) is 18.0 Å². The van der Waals surface area contributed by atoms with Gasteiger partial charge in [0.25, 0.3) is 0 Å². The Labute approximate surface area is 167 Å². The first kappa shape index (κ1) is 20.7. The lowest BCUT2D eigenvalue weighted by Crippen LogP contribution is -2.44. The summed E-state index contributed by atoms with van der Waals surface area (Å²) in [5, 5.41) is 2.98. The molecule has 1 aliphatic heterocycles. The number of rotatable bonds is 5. The van der Waals surface area contributed by atoms with Crippen LogP contribution in [-0.2, 0) is 20.6 Å². The Balaban J connectivity index is 1.67. The minimum Gasteiger partial charge on any atom is -0.326 e. The molecular weight excluding hydrogens is 410 g/mol. The van der Waals surface area contributed by atoms with E-state index in [9.17, 15) is 22.0 Å². The Bertz CT molecular complexity index is 985. The van der Waals surface area contributed by atoms with Gasteiger partial charge in [-0.3, -0.25) is 4.79 Å². The van der Waals surface area contributed by atoms with Crippen LogP contribution in [0.25, 0.3) is 0 Å². The molecule has 0 radical (unpaired) electrons. The average molecular weight is 429 g/mol. The van der Waals surface area contributed by atoms with Crippen molar-refractivity contribution in [1.29, 1.82) is 0 Å². The van der Waals surface area contributed by atoms with E-state index in [1.807, 2.05) is 0 Å². The minimum atomic E-state index is -3.62. The third-order valence-electron chi connectivity index (χ3n) is 4.57. The Morgan fingerprint density at radius 2 is 1.96 bits per heavy atom. The van der Waals surface area contributed by atoms with Crippen molar-refractivity contribution >= 4 is 33.2 Å². The zero-order valence-corrected chi connectivity index (χ0v) is 16.4. The zero-order chi connectivity index (χ0) is 20.3. The fraction of sp³-hybridized carbons (Fsp3) is 0.316. The molecule has 2 aromatic carbocycles. The summed E-state index contributed by atoms with van der Waals surface area (Å²) in [6.07, 6.45) is 1.04. The molecule has 0 spiro atoms. The molecule has 1 heterocycles. The first-order chi connectivity index (χ1) is 13.2. The summed E-state index contributed by atoms with van der Waals surface area (Å²) in [7, 11) is -3.62. The molecule has 1 unspecified atom stereocenters. The van der Waals surface area contributed by atoms with Crippen molar-refractivity contribution in [3.05, 3.63) is 64.7 Å². The molecule has 5 nitrogen and oxygen atoms in total. The van der Waals surface area contributed by atoms with Gasteiger partial charge in [0.15, 0.2) is 11.6 Å². The van der Waals surface area contributed by atoms with E-state index in [2.05, 4.69) is 5.32 Å². The number of halogens is 3. The number of hydrogen-bond acceptors (Lipinski definition) is 3. The molecule has 0 aromatic heterocycles. The quantitative estimate of drug-likeness (QED) is 0.787. The minimum absolute atomic E-state index is 0.0401. The van der Waals surface area contributed by atoms with Crippen LogP contribution in [0.2, 0.25) is 5.02 Å². The van der Waals surface area contributed by atoms with Gasteiger partial charge in [0, 0.05) is 29.9 Å². The summed E-state index contributed by atoms with van der Waals surface area (Å²) < 4.78 is 53.1. The van der Waals surface area contributed by atoms with Gasteiger partial charge in [-0.2, -0.15) is 0 Å². The molecule has 0 saturated carbocycles. The van der Waals surface area contributed by atoms with Gasteiger partial charge in [-0.1, -0.05) is 23.7 Å². The van der Waals surface area contributed by atoms with E-state index in [4.69, 9.17) is 11.6 Å². The van der Waals surface area contributed by atoms with E-state index in [0.29, 0.717) is 30.0 Å². The molecule has 1 saturated heterocycles. The summed E-state index contributed by atoms with van der Waals surface area (Å²) in [5.41, 5.74) is 0.698. The zero-order valence-electron chi connectivity index (χ0n) is 14.9. The highest BCUT2D eigenvalue weighted by molar-refractivity contribution is 7.88. The van der Waals surface area contributed by atoms with Crippen LogP contribution in [0.3, 0.4) is 0 Å². The molecule has 1 aliphatic rings. The molecule has 3 rings (SSSR count). The summed E-state index contributed by atoms with van der Waals surface area (Å²) in [6.45, 7) is 0.371. The Morgan fingerprint density at radius 1 is 1.18 bits per heavy atom. The number of nitrogens with one attached hydrogen (secondary N) is 1. The van der Waals surface area contributed by atoms with Gasteiger partial charge >= 0.3 is 0 Å². The summed E-state index contributed by atoms with van der Waals surface area (Å²) in [5.74, 6) is -3.27. The highest BCUT2D eigenvalue weighted by Crippen LogP contribution is 2.24. The summed E-state index contributed by atoms with van der Waals surface area (Å²) >= 11 is 5.91. The second kappa shape index (κ2) is 8.55. The smallest absolute Gasteiger partial charge is 0.228 e. The first-order valence-corrected chi connectivity index (χ1v) is 10.7. The largest absolute Gasteiger partial charge is 0.326 e. The monoisotopic (exact) mass is 428 g/mol. The molecule has 1 atom stereocenters. The molecular formula is C19H19ClF2N2O3S. The van der Waals surface area contributed by atoms with E-state index in [1.165, 1.54) is 10.4 Å². The number of carbonyl (C=O) groups excluding carboxylic acids is 1. The van der Waals surface area contributed by atoms with Gasteiger partial charge in [-0.05, 0) is 42.7 Å². The SMILES string of the molecule is O=C(Nc1ccc(F)c(F)c1)C1CCCN(S(=O)(=O)Cc2cccc(Cl)c2)C1. The van der Waals surface area contributed by atoms with Crippen LogP contribution in [0, 0.1) is 17.6 Å². The molecule has 1 N–H and O–H groups in total. The van der Waals surface area contributed by atoms with Gasteiger partial charge in [0.1, 0.15) is 0 Å².